The summed E-state index contributed by atoms with van der Waals surface area (Å²) in [5.41, 5.74) is 0.798. The molecule has 4 nitrogen and oxygen atoms in total. The van der Waals surface area contributed by atoms with Crippen LogP contribution in [0.3, 0.4) is 0 Å². The van der Waals surface area contributed by atoms with Crippen molar-refractivity contribution < 1.29 is 9.90 Å². The van der Waals surface area contributed by atoms with E-state index in [-0.39, 0.29) is 22.9 Å². The third-order valence-corrected chi connectivity index (χ3v) is 4.69. The molecule has 0 heterocycles. The third-order valence-electron chi connectivity index (χ3n) is 3.57. The second kappa shape index (κ2) is 7.38. The SMILES string of the molecule is CC(C)(C)Sc1ccc(NC(=O)NC2CCC(O)CC2)cc1. The topological polar surface area (TPSA) is 61.4 Å². The van der Waals surface area contributed by atoms with E-state index in [2.05, 4.69) is 31.4 Å². The highest BCUT2D eigenvalue weighted by atomic mass is 32.2. The number of anilines is 1. The lowest BCUT2D eigenvalue weighted by Gasteiger charge is -2.26. The van der Waals surface area contributed by atoms with Gasteiger partial charge in [-0.15, -0.1) is 11.8 Å². The van der Waals surface area contributed by atoms with Crippen LogP contribution in [0.1, 0.15) is 46.5 Å². The van der Waals surface area contributed by atoms with Crippen molar-refractivity contribution in [2.75, 3.05) is 5.32 Å². The van der Waals surface area contributed by atoms with E-state index in [1.807, 2.05) is 24.3 Å². The van der Waals surface area contributed by atoms with E-state index in [0.717, 1.165) is 31.4 Å². The van der Waals surface area contributed by atoms with Gasteiger partial charge < -0.3 is 15.7 Å². The summed E-state index contributed by atoms with van der Waals surface area (Å²) < 4.78 is 0.178. The Morgan fingerprint density at radius 3 is 2.27 bits per heavy atom. The van der Waals surface area contributed by atoms with E-state index < -0.39 is 0 Å². The number of aliphatic hydroxyl groups excluding tert-OH is 1. The van der Waals surface area contributed by atoms with Crippen LogP contribution in [0.15, 0.2) is 29.2 Å². The minimum Gasteiger partial charge on any atom is -0.393 e. The van der Waals surface area contributed by atoms with E-state index in [4.69, 9.17) is 0 Å². The molecule has 1 aliphatic rings. The van der Waals surface area contributed by atoms with Gasteiger partial charge in [-0.3, -0.25) is 0 Å². The van der Waals surface area contributed by atoms with Gasteiger partial charge >= 0.3 is 6.03 Å². The van der Waals surface area contributed by atoms with Crippen molar-refractivity contribution in [3.8, 4) is 0 Å². The number of thioether (sulfide) groups is 1. The molecule has 1 aromatic carbocycles. The van der Waals surface area contributed by atoms with Crippen LogP contribution in [0.2, 0.25) is 0 Å². The normalized spacial score (nSPS) is 22.2. The summed E-state index contributed by atoms with van der Waals surface area (Å²) in [6, 6.07) is 7.92. The van der Waals surface area contributed by atoms with Crippen LogP contribution in [0.25, 0.3) is 0 Å². The van der Waals surface area contributed by atoms with Gasteiger partial charge in [-0.2, -0.15) is 0 Å². The number of amides is 2. The Kier molecular flexibility index (Phi) is 5.75. The van der Waals surface area contributed by atoms with Gasteiger partial charge in [0.1, 0.15) is 0 Å². The maximum atomic E-state index is 12.0. The number of carbonyl (C=O) groups excluding carboxylic acids is 1. The highest BCUT2D eigenvalue weighted by molar-refractivity contribution is 8.00. The predicted octanol–water partition coefficient (Wildman–Crippen LogP) is 4.00. The molecule has 0 atom stereocenters. The fourth-order valence-electron chi connectivity index (χ4n) is 2.53. The number of aliphatic hydroxyl groups is 1. The molecule has 0 radical (unpaired) electrons. The van der Waals surface area contributed by atoms with E-state index in [9.17, 15) is 9.90 Å². The molecule has 0 unspecified atom stereocenters. The molecule has 2 amide bonds. The highest BCUT2D eigenvalue weighted by Gasteiger charge is 2.20. The van der Waals surface area contributed by atoms with Crippen LogP contribution in [-0.4, -0.2) is 28.0 Å². The highest BCUT2D eigenvalue weighted by Crippen LogP contribution is 2.32. The first-order chi connectivity index (χ1) is 10.3. The maximum absolute atomic E-state index is 12.0. The van der Waals surface area contributed by atoms with E-state index in [1.165, 1.54) is 4.90 Å². The maximum Gasteiger partial charge on any atom is 0.319 e. The van der Waals surface area contributed by atoms with Crippen molar-refractivity contribution >= 4 is 23.5 Å². The molecule has 1 saturated carbocycles. The standard InChI is InChI=1S/C17H26N2O2S/c1-17(2,3)22-15-10-6-13(7-11-15)19-16(21)18-12-4-8-14(20)9-5-12/h6-7,10-12,14,20H,4-5,8-9H2,1-3H3,(H2,18,19,21). The number of urea groups is 1. The lowest BCUT2D eigenvalue weighted by molar-refractivity contribution is 0.118. The Morgan fingerprint density at radius 2 is 1.73 bits per heavy atom. The fourth-order valence-corrected chi connectivity index (χ4v) is 3.51. The summed E-state index contributed by atoms with van der Waals surface area (Å²) in [5.74, 6) is 0. The summed E-state index contributed by atoms with van der Waals surface area (Å²) in [4.78, 5) is 13.2. The second-order valence-electron chi connectivity index (χ2n) is 6.84. The van der Waals surface area contributed by atoms with Gasteiger partial charge in [-0.1, -0.05) is 20.8 Å². The third kappa shape index (κ3) is 5.89. The van der Waals surface area contributed by atoms with E-state index in [0.29, 0.717) is 0 Å². The number of carbonyl (C=O) groups is 1. The van der Waals surface area contributed by atoms with Crippen LogP contribution in [0.5, 0.6) is 0 Å². The Labute approximate surface area is 137 Å². The quantitative estimate of drug-likeness (QED) is 0.737. The molecule has 1 aromatic rings. The first-order valence-corrected chi connectivity index (χ1v) is 8.68. The number of benzene rings is 1. The van der Waals surface area contributed by atoms with Gasteiger partial charge in [-0.25, -0.2) is 4.79 Å². The number of rotatable bonds is 3. The van der Waals surface area contributed by atoms with Crippen LogP contribution in [0.4, 0.5) is 10.5 Å². The largest absolute Gasteiger partial charge is 0.393 e. The molecule has 0 aromatic heterocycles. The Bertz CT molecular complexity index is 488. The second-order valence-corrected chi connectivity index (χ2v) is 8.74. The molecule has 0 bridgehead atoms. The number of nitrogens with one attached hydrogen (secondary N) is 2. The minimum absolute atomic E-state index is 0.166. The van der Waals surface area contributed by atoms with Gasteiger partial charge in [0, 0.05) is 21.4 Å². The Balaban J connectivity index is 1.81. The first-order valence-electron chi connectivity index (χ1n) is 7.86. The molecule has 5 heteroatoms. The zero-order valence-corrected chi connectivity index (χ0v) is 14.4. The predicted molar refractivity (Wildman–Crippen MR) is 92.5 cm³/mol. The first kappa shape index (κ1) is 17.2. The van der Waals surface area contributed by atoms with Crippen molar-refractivity contribution in [1.82, 2.24) is 5.32 Å². The molecular formula is C17H26N2O2S. The average Bonchev–Trinajstić information content (AvgIpc) is 2.42. The van der Waals surface area contributed by atoms with Crippen molar-refractivity contribution in [2.45, 2.75) is 68.2 Å². The summed E-state index contributed by atoms with van der Waals surface area (Å²) in [6.07, 6.45) is 3.02. The molecule has 1 fully saturated rings. The average molecular weight is 322 g/mol. The van der Waals surface area contributed by atoms with E-state index in [1.54, 1.807) is 11.8 Å². The molecule has 122 valence electrons. The molecule has 3 N–H and O–H groups in total. The Morgan fingerprint density at radius 1 is 1.14 bits per heavy atom. The molecule has 2 rings (SSSR count). The van der Waals surface area contributed by atoms with Crippen LogP contribution in [0, 0.1) is 0 Å². The lowest BCUT2D eigenvalue weighted by atomic mass is 9.93. The molecule has 1 aliphatic carbocycles. The van der Waals surface area contributed by atoms with Gasteiger partial charge in [0.05, 0.1) is 6.10 Å². The lowest BCUT2D eigenvalue weighted by Crippen LogP contribution is -2.40. The van der Waals surface area contributed by atoms with Crippen molar-refractivity contribution in [3.05, 3.63) is 24.3 Å². The van der Waals surface area contributed by atoms with Crippen molar-refractivity contribution in [2.24, 2.45) is 0 Å². The monoisotopic (exact) mass is 322 g/mol. The van der Waals surface area contributed by atoms with Gasteiger partial charge in [0.15, 0.2) is 0 Å². The molecule has 0 saturated heterocycles. The van der Waals surface area contributed by atoms with Crippen LogP contribution < -0.4 is 10.6 Å². The Hall–Kier alpha value is -1.20. The molecular weight excluding hydrogens is 296 g/mol. The zero-order valence-electron chi connectivity index (χ0n) is 13.6. The molecule has 22 heavy (non-hydrogen) atoms. The summed E-state index contributed by atoms with van der Waals surface area (Å²) in [6.45, 7) is 6.54. The van der Waals surface area contributed by atoms with Crippen molar-refractivity contribution in [1.29, 1.82) is 0 Å². The number of hydrogen-bond donors (Lipinski definition) is 3. The van der Waals surface area contributed by atoms with Gasteiger partial charge in [0.25, 0.3) is 0 Å². The summed E-state index contributed by atoms with van der Waals surface area (Å²) in [7, 11) is 0. The van der Waals surface area contributed by atoms with Crippen LogP contribution in [-0.2, 0) is 0 Å². The smallest absolute Gasteiger partial charge is 0.319 e. The number of hydrogen-bond acceptors (Lipinski definition) is 3. The summed E-state index contributed by atoms with van der Waals surface area (Å²) in [5, 5.41) is 15.3. The van der Waals surface area contributed by atoms with Crippen LogP contribution >= 0.6 is 11.8 Å². The summed E-state index contributed by atoms with van der Waals surface area (Å²) >= 11 is 1.80. The molecule has 0 aliphatic heterocycles. The molecule has 0 spiro atoms. The van der Waals surface area contributed by atoms with Gasteiger partial charge in [-0.05, 0) is 49.9 Å². The minimum atomic E-state index is -0.200. The van der Waals surface area contributed by atoms with Gasteiger partial charge in [0.2, 0.25) is 0 Å². The zero-order chi connectivity index (χ0) is 16.2. The fraction of sp³-hybridized carbons (Fsp3) is 0.588. The van der Waals surface area contributed by atoms with Crippen molar-refractivity contribution in [3.63, 3.8) is 0 Å². The van der Waals surface area contributed by atoms with E-state index >= 15 is 0 Å².